The molecule has 0 aliphatic carbocycles. The van der Waals surface area contributed by atoms with Crippen molar-refractivity contribution in [1.82, 2.24) is 4.90 Å². The Morgan fingerprint density at radius 3 is 3.00 bits per heavy atom. The van der Waals surface area contributed by atoms with Crippen LogP contribution in [0.1, 0.15) is 18.4 Å². The Balaban J connectivity index is 1.68. The number of hydrogen-bond acceptors (Lipinski definition) is 4. The number of rotatable bonds is 3. The molecule has 0 aromatic heterocycles. The minimum atomic E-state index is -0.0474. The Hall–Kier alpha value is -1.10. The zero-order valence-electron chi connectivity index (χ0n) is 11.3. The highest BCUT2D eigenvalue weighted by Gasteiger charge is 2.31. The normalized spacial score (nSPS) is 30.9. The van der Waals surface area contributed by atoms with Crippen molar-refractivity contribution in [2.24, 2.45) is 0 Å². The van der Waals surface area contributed by atoms with Crippen LogP contribution in [0.4, 0.5) is 0 Å². The van der Waals surface area contributed by atoms with E-state index in [0.29, 0.717) is 18.6 Å². The minimum absolute atomic E-state index is 0.0474. The fourth-order valence-electron chi connectivity index (χ4n) is 2.90. The molecule has 0 radical (unpaired) electrons. The number of aliphatic hydroxyl groups is 1. The second kappa shape index (κ2) is 5.49. The Bertz CT molecular complexity index is 437. The van der Waals surface area contributed by atoms with E-state index in [-0.39, 0.29) is 12.7 Å². The number of benzene rings is 1. The van der Waals surface area contributed by atoms with Crippen LogP contribution in [0.25, 0.3) is 0 Å². The topological polar surface area (TPSA) is 41.9 Å². The standard InChI is InChI=1S/C15H21NO3/c1-11-9-18-13(8-17)7-16(11)6-12-10-19-15-5-3-2-4-14(12)15/h2-5,11-13,17H,6-10H2,1H3. The van der Waals surface area contributed by atoms with E-state index in [9.17, 15) is 5.11 Å². The summed E-state index contributed by atoms with van der Waals surface area (Å²) in [4.78, 5) is 2.40. The number of nitrogens with zero attached hydrogens (tertiary/aromatic N) is 1. The number of para-hydroxylation sites is 1. The van der Waals surface area contributed by atoms with Gasteiger partial charge in [-0.1, -0.05) is 18.2 Å². The number of fused-ring (bicyclic) bond motifs is 1. The molecule has 0 bridgehead atoms. The summed E-state index contributed by atoms with van der Waals surface area (Å²) in [6, 6.07) is 8.67. The lowest BCUT2D eigenvalue weighted by Gasteiger charge is -2.38. The van der Waals surface area contributed by atoms with Crippen molar-refractivity contribution in [2.45, 2.75) is 25.0 Å². The molecule has 4 heteroatoms. The molecule has 3 rings (SSSR count). The molecule has 0 spiro atoms. The van der Waals surface area contributed by atoms with Gasteiger partial charge in [0.2, 0.25) is 0 Å². The number of ether oxygens (including phenoxy) is 2. The van der Waals surface area contributed by atoms with Crippen molar-refractivity contribution < 1.29 is 14.6 Å². The van der Waals surface area contributed by atoms with Crippen molar-refractivity contribution in [3.8, 4) is 5.75 Å². The lowest BCUT2D eigenvalue weighted by Crippen LogP contribution is -2.50. The van der Waals surface area contributed by atoms with Gasteiger partial charge in [-0.25, -0.2) is 0 Å². The lowest BCUT2D eigenvalue weighted by atomic mass is 9.99. The summed E-state index contributed by atoms with van der Waals surface area (Å²) in [5.41, 5.74) is 1.31. The van der Waals surface area contributed by atoms with Crippen molar-refractivity contribution in [1.29, 1.82) is 0 Å². The summed E-state index contributed by atoms with van der Waals surface area (Å²) in [7, 11) is 0. The fourth-order valence-corrected chi connectivity index (χ4v) is 2.90. The van der Waals surface area contributed by atoms with Gasteiger partial charge in [-0.3, -0.25) is 4.90 Å². The Labute approximate surface area is 113 Å². The average Bonchev–Trinajstić information content (AvgIpc) is 2.85. The van der Waals surface area contributed by atoms with Crippen LogP contribution < -0.4 is 4.74 Å². The predicted molar refractivity (Wildman–Crippen MR) is 72.5 cm³/mol. The molecule has 19 heavy (non-hydrogen) atoms. The first-order valence-corrected chi connectivity index (χ1v) is 6.96. The summed E-state index contributed by atoms with van der Waals surface area (Å²) in [6.07, 6.45) is -0.0474. The van der Waals surface area contributed by atoms with Crippen molar-refractivity contribution in [2.75, 3.05) is 32.9 Å². The number of aliphatic hydroxyl groups excluding tert-OH is 1. The van der Waals surface area contributed by atoms with E-state index in [1.165, 1.54) is 5.56 Å². The molecule has 2 aliphatic heterocycles. The van der Waals surface area contributed by atoms with Crippen LogP contribution in [0.5, 0.6) is 5.75 Å². The Kier molecular flexibility index (Phi) is 3.73. The first-order chi connectivity index (χ1) is 9.28. The molecule has 2 heterocycles. The van der Waals surface area contributed by atoms with Gasteiger partial charge in [-0.15, -0.1) is 0 Å². The van der Waals surface area contributed by atoms with Gasteiger partial charge in [0.15, 0.2) is 0 Å². The molecule has 0 amide bonds. The van der Waals surface area contributed by atoms with Crippen LogP contribution in [0.15, 0.2) is 24.3 Å². The first kappa shape index (κ1) is 12.9. The second-order valence-corrected chi connectivity index (χ2v) is 5.49. The van der Waals surface area contributed by atoms with Gasteiger partial charge in [-0.2, -0.15) is 0 Å². The minimum Gasteiger partial charge on any atom is -0.493 e. The van der Waals surface area contributed by atoms with Crippen LogP contribution in [0, 0.1) is 0 Å². The summed E-state index contributed by atoms with van der Waals surface area (Å²) >= 11 is 0. The maximum atomic E-state index is 9.24. The summed E-state index contributed by atoms with van der Waals surface area (Å²) < 4.78 is 11.3. The average molecular weight is 263 g/mol. The molecule has 1 fully saturated rings. The summed E-state index contributed by atoms with van der Waals surface area (Å²) in [5, 5.41) is 9.24. The third-order valence-electron chi connectivity index (χ3n) is 4.09. The predicted octanol–water partition coefficient (Wildman–Crippen LogP) is 1.24. The van der Waals surface area contributed by atoms with Crippen LogP contribution >= 0.6 is 0 Å². The zero-order chi connectivity index (χ0) is 13.2. The Morgan fingerprint density at radius 1 is 1.32 bits per heavy atom. The van der Waals surface area contributed by atoms with Gasteiger partial charge in [0, 0.05) is 30.6 Å². The van der Waals surface area contributed by atoms with Gasteiger partial charge in [0.25, 0.3) is 0 Å². The Morgan fingerprint density at radius 2 is 2.16 bits per heavy atom. The molecule has 4 nitrogen and oxygen atoms in total. The van der Waals surface area contributed by atoms with Crippen molar-refractivity contribution in [3.05, 3.63) is 29.8 Å². The molecule has 104 valence electrons. The molecule has 1 aromatic rings. The lowest BCUT2D eigenvalue weighted by molar-refractivity contribution is -0.0794. The van der Waals surface area contributed by atoms with E-state index in [1.807, 2.05) is 12.1 Å². The first-order valence-electron chi connectivity index (χ1n) is 6.96. The van der Waals surface area contributed by atoms with Crippen molar-refractivity contribution >= 4 is 0 Å². The van der Waals surface area contributed by atoms with E-state index >= 15 is 0 Å². The van der Waals surface area contributed by atoms with E-state index < -0.39 is 0 Å². The summed E-state index contributed by atoms with van der Waals surface area (Å²) in [5.74, 6) is 1.45. The smallest absolute Gasteiger partial charge is 0.122 e. The second-order valence-electron chi connectivity index (χ2n) is 5.49. The van der Waals surface area contributed by atoms with Gasteiger partial charge in [-0.05, 0) is 13.0 Å². The van der Waals surface area contributed by atoms with Gasteiger partial charge in [0.05, 0.1) is 25.9 Å². The quantitative estimate of drug-likeness (QED) is 0.891. The molecule has 2 aliphatic rings. The maximum Gasteiger partial charge on any atom is 0.122 e. The molecule has 1 saturated heterocycles. The largest absolute Gasteiger partial charge is 0.493 e. The van der Waals surface area contributed by atoms with E-state index in [4.69, 9.17) is 9.47 Å². The molecule has 0 saturated carbocycles. The van der Waals surface area contributed by atoms with E-state index in [1.54, 1.807) is 0 Å². The molecule has 3 atom stereocenters. The van der Waals surface area contributed by atoms with Gasteiger partial charge < -0.3 is 14.6 Å². The highest BCUT2D eigenvalue weighted by molar-refractivity contribution is 5.39. The molecule has 1 N–H and O–H groups in total. The molecule has 3 unspecified atom stereocenters. The third-order valence-corrected chi connectivity index (χ3v) is 4.09. The summed E-state index contributed by atoms with van der Waals surface area (Å²) in [6.45, 7) is 5.50. The fraction of sp³-hybridized carbons (Fsp3) is 0.600. The highest BCUT2D eigenvalue weighted by atomic mass is 16.5. The van der Waals surface area contributed by atoms with Gasteiger partial charge in [0.1, 0.15) is 5.75 Å². The monoisotopic (exact) mass is 263 g/mol. The van der Waals surface area contributed by atoms with Gasteiger partial charge >= 0.3 is 0 Å². The van der Waals surface area contributed by atoms with Crippen LogP contribution in [0.2, 0.25) is 0 Å². The highest BCUT2D eigenvalue weighted by Crippen LogP contribution is 2.34. The van der Waals surface area contributed by atoms with Crippen molar-refractivity contribution in [3.63, 3.8) is 0 Å². The zero-order valence-corrected chi connectivity index (χ0v) is 11.3. The maximum absolute atomic E-state index is 9.24. The molecular formula is C15H21NO3. The molecule has 1 aromatic carbocycles. The van der Waals surface area contributed by atoms with Crippen LogP contribution in [-0.4, -0.2) is 55.1 Å². The number of hydrogen-bond donors (Lipinski definition) is 1. The van der Waals surface area contributed by atoms with E-state index in [0.717, 1.165) is 25.4 Å². The SMILES string of the molecule is CC1COC(CO)CN1CC1COc2ccccc21. The van der Waals surface area contributed by atoms with E-state index in [2.05, 4.69) is 24.0 Å². The third kappa shape index (κ3) is 2.61. The van der Waals surface area contributed by atoms with Crippen LogP contribution in [0.3, 0.4) is 0 Å². The number of morpholine rings is 1. The molecular weight excluding hydrogens is 242 g/mol. The van der Waals surface area contributed by atoms with Crippen LogP contribution in [-0.2, 0) is 4.74 Å².